The topological polar surface area (TPSA) is 112 Å². The second-order valence-corrected chi connectivity index (χ2v) is 11.8. The van der Waals surface area contributed by atoms with Crippen LogP contribution in [0.2, 0.25) is 0 Å². The van der Waals surface area contributed by atoms with Crippen LogP contribution in [0.15, 0.2) is 52.6 Å². The summed E-state index contributed by atoms with van der Waals surface area (Å²) in [5.41, 5.74) is 13.7. The molecular weight excluding hydrogens is 498 g/mol. The fraction of sp³-hybridized carbons (Fsp3) is 0.531. The van der Waals surface area contributed by atoms with Gasteiger partial charge in [0.2, 0.25) is 6.41 Å². The fourth-order valence-electron chi connectivity index (χ4n) is 6.08. The molecule has 0 radical (unpaired) electrons. The number of nitrogens with one attached hydrogen (secondary N) is 1. The van der Waals surface area contributed by atoms with E-state index >= 15 is 0 Å². The van der Waals surface area contributed by atoms with Gasteiger partial charge in [-0.2, -0.15) is 0 Å². The first-order chi connectivity index (χ1) is 19.4. The summed E-state index contributed by atoms with van der Waals surface area (Å²) < 4.78 is 0. The first-order valence-corrected chi connectivity index (χ1v) is 14.9. The molecule has 8 heteroatoms. The van der Waals surface area contributed by atoms with Crippen LogP contribution in [-0.4, -0.2) is 41.6 Å². The SMILES string of the molecule is CCCCC(=NC1(C)CCCC1)N(C=O)Cc1ccc(-c2cc(N3CCCC(C)C3)ccc2/C(N)=N/NN)cc1. The van der Waals surface area contributed by atoms with E-state index in [4.69, 9.17) is 16.6 Å². The standard InChI is InChI=1S/C32H47N7O/c1-4-5-10-30(35-32(3)17-6-7-18-32)39(23-40)22-25-11-13-26(14-12-25)29-20-27(38-19-8-9-24(2)21-38)15-16-28(29)31(33)36-37-34/h11-16,20,23-24,37H,4-10,17-19,21-22,34H2,1-3H3,(H2,33,36). The van der Waals surface area contributed by atoms with Gasteiger partial charge in [0.15, 0.2) is 5.84 Å². The molecule has 4 rings (SSSR count). The minimum Gasteiger partial charge on any atom is -0.382 e. The molecule has 216 valence electrons. The highest BCUT2D eigenvalue weighted by Crippen LogP contribution is 2.34. The van der Waals surface area contributed by atoms with E-state index in [0.717, 1.165) is 79.7 Å². The van der Waals surface area contributed by atoms with Crippen LogP contribution < -0.4 is 22.0 Å². The molecule has 5 N–H and O–H groups in total. The Morgan fingerprint density at radius 3 is 2.58 bits per heavy atom. The van der Waals surface area contributed by atoms with Crippen LogP contribution in [0.1, 0.15) is 89.7 Å². The minimum absolute atomic E-state index is 0.0539. The number of hydrazone groups is 1. The normalized spacial score (nSPS) is 19.5. The van der Waals surface area contributed by atoms with Crippen molar-refractivity contribution >= 4 is 23.8 Å². The molecule has 0 bridgehead atoms. The second kappa shape index (κ2) is 13.8. The Bertz CT molecular complexity index is 1180. The Hall–Kier alpha value is -3.39. The van der Waals surface area contributed by atoms with Gasteiger partial charge in [-0.3, -0.25) is 14.7 Å². The van der Waals surface area contributed by atoms with Crippen molar-refractivity contribution in [3.63, 3.8) is 0 Å². The molecule has 2 aliphatic rings. The second-order valence-electron chi connectivity index (χ2n) is 11.8. The number of piperidine rings is 1. The van der Waals surface area contributed by atoms with Crippen molar-refractivity contribution in [2.45, 2.75) is 90.6 Å². The fourth-order valence-corrected chi connectivity index (χ4v) is 6.08. The molecule has 1 amide bonds. The summed E-state index contributed by atoms with van der Waals surface area (Å²) in [4.78, 5) is 21.7. The van der Waals surface area contributed by atoms with Crippen molar-refractivity contribution < 1.29 is 4.79 Å². The average Bonchev–Trinajstić information content (AvgIpc) is 3.40. The predicted molar refractivity (Wildman–Crippen MR) is 166 cm³/mol. The molecule has 1 heterocycles. The third-order valence-electron chi connectivity index (χ3n) is 8.40. The zero-order valence-corrected chi connectivity index (χ0v) is 24.5. The monoisotopic (exact) mass is 545 g/mol. The summed E-state index contributed by atoms with van der Waals surface area (Å²) in [7, 11) is 0. The van der Waals surface area contributed by atoms with E-state index in [9.17, 15) is 4.79 Å². The number of carbonyl (C=O) groups excluding carboxylic acids is 1. The van der Waals surface area contributed by atoms with Crippen LogP contribution >= 0.6 is 0 Å². The van der Waals surface area contributed by atoms with Gasteiger partial charge >= 0.3 is 0 Å². The maximum Gasteiger partial charge on any atom is 0.215 e. The highest BCUT2D eigenvalue weighted by atomic mass is 16.1. The quantitative estimate of drug-likeness (QED) is 0.113. The largest absolute Gasteiger partial charge is 0.382 e. The molecule has 2 aromatic rings. The minimum atomic E-state index is -0.0539. The van der Waals surface area contributed by atoms with Gasteiger partial charge in [0, 0.05) is 30.8 Å². The van der Waals surface area contributed by atoms with Gasteiger partial charge < -0.3 is 10.6 Å². The van der Waals surface area contributed by atoms with Crippen molar-refractivity contribution in [3.8, 4) is 11.1 Å². The Morgan fingerprint density at radius 2 is 1.93 bits per heavy atom. The van der Waals surface area contributed by atoms with Gasteiger partial charge in [-0.25, -0.2) is 11.4 Å². The van der Waals surface area contributed by atoms with E-state index in [1.54, 1.807) is 4.90 Å². The summed E-state index contributed by atoms with van der Waals surface area (Å²) in [5.74, 6) is 7.36. The van der Waals surface area contributed by atoms with Crippen molar-refractivity contribution in [3.05, 3.63) is 53.6 Å². The van der Waals surface area contributed by atoms with E-state index in [0.29, 0.717) is 18.3 Å². The third kappa shape index (κ3) is 7.42. The van der Waals surface area contributed by atoms with Gasteiger partial charge in [-0.15, -0.1) is 5.10 Å². The number of amides is 1. The van der Waals surface area contributed by atoms with Crippen LogP contribution in [0.3, 0.4) is 0 Å². The maximum absolute atomic E-state index is 12.3. The smallest absolute Gasteiger partial charge is 0.215 e. The number of nitrogens with two attached hydrogens (primary N) is 2. The number of carbonyl (C=O) groups is 1. The summed E-state index contributed by atoms with van der Waals surface area (Å²) in [6.45, 7) is 9.32. The Morgan fingerprint density at radius 1 is 1.18 bits per heavy atom. The first-order valence-electron chi connectivity index (χ1n) is 14.9. The molecule has 1 aliphatic carbocycles. The molecule has 1 aliphatic heterocycles. The highest BCUT2D eigenvalue weighted by Gasteiger charge is 2.29. The Labute approximate surface area is 239 Å². The third-order valence-corrected chi connectivity index (χ3v) is 8.40. The molecule has 0 aromatic heterocycles. The number of aliphatic imine (C=N–C) groups is 1. The van der Waals surface area contributed by atoms with Gasteiger partial charge in [-0.05, 0) is 79.8 Å². The average molecular weight is 546 g/mol. The summed E-state index contributed by atoms with van der Waals surface area (Å²) in [5, 5.41) is 4.04. The number of hydrazine groups is 1. The van der Waals surface area contributed by atoms with Crippen LogP contribution in [-0.2, 0) is 11.3 Å². The number of anilines is 1. The van der Waals surface area contributed by atoms with E-state index in [1.807, 2.05) is 6.07 Å². The molecule has 0 spiro atoms. The number of nitrogens with zero attached hydrogens (tertiary/aromatic N) is 4. The predicted octanol–water partition coefficient (Wildman–Crippen LogP) is 5.55. The van der Waals surface area contributed by atoms with Crippen molar-refractivity contribution in [2.24, 2.45) is 27.6 Å². The molecular formula is C32H47N7O. The molecule has 2 fully saturated rings. The number of hydrogen-bond donors (Lipinski definition) is 3. The summed E-state index contributed by atoms with van der Waals surface area (Å²) in [6, 6.07) is 14.7. The van der Waals surface area contributed by atoms with Gasteiger partial charge in [-0.1, -0.05) is 57.4 Å². The zero-order valence-electron chi connectivity index (χ0n) is 24.5. The summed E-state index contributed by atoms with van der Waals surface area (Å²) >= 11 is 0. The van der Waals surface area contributed by atoms with E-state index in [2.05, 4.69) is 72.7 Å². The summed E-state index contributed by atoms with van der Waals surface area (Å²) in [6.07, 6.45) is 10.9. The van der Waals surface area contributed by atoms with Crippen LogP contribution in [0.25, 0.3) is 11.1 Å². The van der Waals surface area contributed by atoms with Gasteiger partial charge in [0.05, 0.1) is 12.1 Å². The van der Waals surface area contributed by atoms with Crippen molar-refractivity contribution in [2.75, 3.05) is 18.0 Å². The Kier molecular flexibility index (Phi) is 10.2. The lowest BCUT2D eigenvalue weighted by molar-refractivity contribution is -0.115. The van der Waals surface area contributed by atoms with E-state index in [1.165, 1.54) is 31.4 Å². The number of unbranched alkanes of at least 4 members (excludes halogenated alkanes) is 1. The zero-order chi connectivity index (χ0) is 28.5. The van der Waals surface area contributed by atoms with Crippen molar-refractivity contribution in [1.82, 2.24) is 10.4 Å². The maximum atomic E-state index is 12.3. The van der Waals surface area contributed by atoms with Crippen LogP contribution in [0.4, 0.5) is 5.69 Å². The lowest BCUT2D eigenvalue weighted by atomic mass is 9.95. The van der Waals surface area contributed by atoms with Gasteiger partial charge in [0.25, 0.3) is 0 Å². The molecule has 1 unspecified atom stereocenters. The molecule has 8 nitrogen and oxygen atoms in total. The molecule has 1 saturated carbocycles. The lowest BCUT2D eigenvalue weighted by Crippen LogP contribution is -2.34. The van der Waals surface area contributed by atoms with Crippen LogP contribution in [0, 0.1) is 5.92 Å². The van der Waals surface area contributed by atoms with E-state index in [-0.39, 0.29) is 5.54 Å². The highest BCUT2D eigenvalue weighted by molar-refractivity contribution is 6.04. The molecule has 1 atom stereocenters. The Balaban J connectivity index is 1.61. The van der Waals surface area contributed by atoms with Crippen LogP contribution in [0.5, 0.6) is 0 Å². The number of rotatable bonds is 11. The molecule has 40 heavy (non-hydrogen) atoms. The van der Waals surface area contributed by atoms with Gasteiger partial charge in [0.1, 0.15) is 5.84 Å². The first kappa shape index (κ1) is 29.6. The van der Waals surface area contributed by atoms with E-state index < -0.39 is 0 Å². The lowest BCUT2D eigenvalue weighted by Gasteiger charge is -2.33. The molecule has 1 saturated heterocycles. The number of amidine groups is 2. The van der Waals surface area contributed by atoms with Crippen molar-refractivity contribution in [1.29, 1.82) is 0 Å². The number of benzene rings is 2. The number of hydrogen-bond acceptors (Lipinski definition) is 6. The molecule has 2 aromatic carbocycles.